The number of nitrogens with zero attached hydrogens (tertiary/aromatic N) is 2. The number of anilines is 1. The van der Waals surface area contributed by atoms with Gasteiger partial charge in [0.1, 0.15) is 18.9 Å². The number of hydrogen-bond acceptors (Lipinski definition) is 7. The maximum atomic E-state index is 13.0. The fourth-order valence-corrected chi connectivity index (χ4v) is 4.39. The van der Waals surface area contributed by atoms with Crippen molar-refractivity contribution in [1.82, 2.24) is 5.32 Å². The molecule has 2 aliphatic heterocycles. The quantitative estimate of drug-likeness (QED) is 0.407. The number of carbonyl (C=O) groups is 2. The summed E-state index contributed by atoms with van der Waals surface area (Å²) in [6.45, 7) is 2.00. The molecule has 0 spiro atoms. The van der Waals surface area contributed by atoms with Gasteiger partial charge in [-0.15, -0.1) is 0 Å². The van der Waals surface area contributed by atoms with E-state index in [1.807, 2.05) is 4.90 Å². The first-order valence-corrected chi connectivity index (χ1v) is 11.3. The minimum atomic E-state index is -0.449. The van der Waals surface area contributed by atoms with Crippen molar-refractivity contribution >= 4 is 23.1 Å². The summed E-state index contributed by atoms with van der Waals surface area (Å²) in [5.41, 5.74) is 1.28. The normalized spacial score (nSPS) is 18.0. The van der Waals surface area contributed by atoms with Gasteiger partial charge < -0.3 is 19.7 Å². The van der Waals surface area contributed by atoms with Crippen LogP contribution in [0.25, 0.3) is 0 Å². The van der Waals surface area contributed by atoms with Crippen molar-refractivity contribution < 1.29 is 24.0 Å². The van der Waals surface area contributed by atoms with Gasteiger partial charge in [0.2, 0.25) is 0 Å². The summed E-state index contributed by atoms with van der Waals surface area (Å²) in [6, 6.07) is 10.1. The van der Waals surface area contributed by atoms with E-state index < -0.39 is 4.92 Å². The molecule has 1 saturated carbocycles. The van der Waals surface area contributed by atoms with E-state index in [9.17, 15) is 19.7 Å². The zero-order valence-corrected chi connectivity index (χ0v) is 18.1. The molecule has 1 N–H and O–H groups in total. The van der Waals surface area contributed by atoms with Gasteiger partial charge in [-0.3, -0.25) is 19.7 Å². The Morgan fingerprint density at radius 3 is 2.33 bits per heavy atom. The number of Topliss-reactive ketones (excluding diaryl/α,β-unsaturated/α-hetero) is 1. The lowest BCUT2D eigenvalue weighted by Crippen LogP contribution is -2.36. The summed E-state index contributed by atoms with van der Waals surface area (Å²) in [7, 11) is 0. The number of benzene rings is 2. The van der Waals surface area contributed by atoms with Crippen molar-refractivity contribution in [3.05, 3.63) is 57.6 Å². The highest BCUT2D eigenvalue weighted by molar-refractivity contribution is 5.99. The van der Waals surface area contributed by atoms with Gasteiger partial charge in [-0.2, -0.15) is 0 Å². The SMILES string of the molecule is O=C(NC1CC1)c1ccc(N2CCC(C(=O)c3ccc4c(c3)OCCO4)CC2)c([N+](=O)[O-])c1. The molecule has 0 radical (unpaired) electrons. The summed E-state index contributed by atoms with van der Waals surface area (Å²) in [4.78, 5) is 38.5. The number of hydrogen-bond donors (Lipinski definition) is 1. The molecule has 2 heterocycles. The molecule has 0 unspecified atom stereocenters. The molecular formula is C24H25N3O6. The third-order valence-electron chi connectivity index (χ3n) is 6.38. The third-order valence-corrected chi connectivity index (χ3v) is 6.38. The first-order chi connectivity index (χ1) is 16.0. The van der Waals surface area contributed by atoms with Gasteiger partial charge >= 0.3 is 0 Å². The number of nitro groups is 1. The lowest BCUT2D eigenvalue weighted by Gasteiger charge is -2.32. The average Bonchev–Trinajstić information content (AvgIpc) is 3.67. The molecule has 33 heavy (non-hydrogen) atoms. The molecule has 0 bridgehead atoms. The molecule has 2 aromatic carbocycles. The van der Waals surface area contributed by atoms with E-state index >= 15 is 0 Å². The number of nitro benzene ring substituents is 1. The Bertz CT molecular complexity index is 1110. The van der Waals surface area contributed by atoms with Crippen molar-refractivity contribution in [3.8, 4) is 11.5 Å². The van der Waals surface area contributed by atoms with Gasteiger partial charge in [0.25, 0.3) is 11.6 Å². The standard InChI is InChI=1S/C24H25N3O6/c28-23(16-2-6-21-22(14-16)33-12-11-32-21)15-7-9-26(10-8-15)19-5-1-17(13-20(19)27(30)31)24(29)25-18-3-4-18/h1-2,5-6,13-15,18H,3-4,7-12H2,(H,25,29). The van der Waals surface area contributed by atoms with Crippen molar-refractivity contribution in [1.29, 1.82) is 0 Å². The summed E-state index contributed by atoms with van der Waals surface area (Å²) >= 11 is 0. The molecule has 2 aromatic rings. The van der Waals surface area contributed by atoms with Crippen LogP contribution in [0.5, 0.6) is 11.5 Å². The van der Waals surface area contributed by atoms with Gasteiger partial charge in [-0.05, 0) is 56.0 Å². The fraction of sp³-hybridized carbons (Fsp3) is 0.417. The van der Waals surface area contributed by atoms with E-state index in [1.165, 1.54) is 6.07 Å². The zero-order chi connectivity index (χ0) is 22.9. The van der Waals surface area contributed by atoms with Gasteiger partial charge in [0.15, 0.2) is 17.3 Å². The maximum Gasteiger partial charge on any atom is 0.293 e. The van der Waals surface area contributed by atoms with Crippen LogP contribution in [0.4, 0.5) is 11.4 Å². The number of rotatable bonds is 6. The first kappa shape index (κ1) is 21.2. The minimum Gasteiger partial charge on any atom is -0.486 e. The molecule has 1 aliphatic carbocycles. The molecule has 0 aromatic heterocycles. The third kappa shape index (κ3) is 4.48. The van der Waals surface area contributed by atoms with Gasteiger partial charge in [-0.25, -0.2) is 0 Å². The Morgan fingerprint density at radius 1 is 0.939 bits per heavy atom. The Morgan fingerprint density at radius 2 is 1.64 bits per heavy atom. The molecule has 172 valence electrons. The predicted molar refractivity (Wildman–Crippen MR) is 120 cm³/mol. The average molecular weight is 451 g/mol. The van der Waals surface area contributed by atoms with E-state index in [0.717, 1.165) is 12.8 Å². The highest BCUT2D eigenvalue weighted by atomic mass is 16.6. The molecule has 9 heteroatoms. The molecular weight excluding hydrogens is 426 g/mol. The van der Waals surface area contributed by atoms with Crippen LogP contribution < -0.4 is 19.7 Å². The van der Waals surface area contributed by atoms with Crippen molar-refractivity contribution in [2.24, 2.45) is 5.92 Å². The van der Waals surface area contributed by atoms with Gasteiger partial charge in [-0.1, -0.05) is 0 Å². The Kier molecular flexibility index (Phi) is 5.62. The fourth-order valence-electron chi connectivity index (χ4n) is 4.39. The lowest BCUT2D eigenvalue weighted by atomic mass is 9.88. The van der Waals surface area contributed by atoms with Crippen LogP contribution in [0.1, 0.15) is 46.4 Å². The van der Waals surface area contributed by atoms with E-state index in [2.05, 4.69) is 5.32 Å². The summed E-state index contributed by atoms with van der Waals surface area (Å²) < 4.78 is 11.1. The smallest absolute Gasteiger partial charge is 0.293 e. The van der Waals surface area contributed by atoms with Crippen molar-refractivity contribution in [2.45, 2.75) is 31.7 Å². The van der Waals surface area contributed by atoms with Crippen LogP contribution in [-0.4, -0.2) is 49.0 Å². The number of fused-ring (bicyclic) bond motifs is 1. The topological polar surface area (TPSA) is 111 Å². The highest BCUT2D eigenvalue weighted by Crippen LogP contribution is 2.35. The van der Waals surface area contributed by atoms with Crippen LogP contribution in [0.2, 0.25) is 0 Å². The van der Waals surface area contributed by atoms with E-state index in [-0.39, 0.29) is 29.3 Å². The molecule has 3 aliphatic rings. The number of carbonyl (C=O) groups excluding carboxylic acids is 2. The zero-order valence-electron chi connectivity index (χ0n) is 18.1. The van der Waals surface area contributed by atoms with Crippen LogP contribution in [0, 0.1) is 16.0 Å². The summed E-state index contributed by atoms with van der Waals surface area (Å²) in [5.74, 6) is 0.843. The molecule has 2 fully saturated rings. The first-order valence-electron chi connectivity index (χ1n) is 11.3. The van der Waals surface area contributed by atoms with Crippen LogP contribution in [0.15, 0.2) is 36.4 Å². The molecule has 9 nitrogen and oxygen atoms in total. The van der Waals surface area contributed by atoms with E-state index in [0.29, 0.717) is 67.5 Å². The van der Waals surface area contributed by atoms with Gasteiger partial charge in [0.05, 0.1) is 4.92 Å². The lowest BCUT2D eigenvalue weighted by molar-refractivity contribution is -0.384. The molecule has 5 rings (SSSR count). The second-order valence-corrected chi connectivity index (χ2v) is 8.69. The number of amides is 1. The predicted octanol–water partition coefficient (Wildman–Crippen LogP) is 3.36. The molecule has 0 atom stereocenters. The largest absolute Gasteiger partial charge is 0.486 e. The number of ketones is 1. The second-order valence-electron chi connectivity index (χ2n) is 8.69. The summed E-state index contributed by atoms with van der Waals surface area (Å²) in [5, 5.41) is 14.6. The monoisotopic (exact) mass is 451 g/mol. The Hall–Kier alpha value is -3.62. The number of ether oxygens (including phenoxy) is 2. The van der Waals surface area contributed by atoms with Gasteiger partial charge in [0, 0.05) is 42.2 Å². The number of nitrogens with one attached hydrogen (secondary N) is 1. The molecule has 1 amide bonds. The van der Waals surface area contributed by atoms with Crippen LogP contribution >= 0.6 is 0 Å². The minimum absolute atomic E-state index is 0.0493. The second kappa shape index (κ2) is 8.73. The number of piperidine rings is 1. The van der Waals surface area contributed by atoms with Crippen molar-refractivity contribution in [3.63, 3.8) is 0 Å². The summed E-state index contributed by atoms with van der Waals surface area (Å²) in [6.07, 6.45) is 3.08. The molecule has 1 saturated heterocycles. The van der Waals surface area contributed by atoms with Crippen LogP contribution in [-0.2, 0) is 0 Å². The van der Waals surface area contributed by atoms with Crippen molar-refractivity contribution in [2.75, 3.05) is 31.2 Å². The Labute approximate surface area is 190 Å². The maximum absolute atomic E-state index is 13.0. The highest BCUT2D eigenvalue weighted by Gasteiger charge is 2.31. The Balaban J connectivity index is 1.27. The van der Waals surface area contributed by atoms with E-state index in [1.54, 1.807) is 30.3 Å². The van der Waals surface area contributed by atoms with Crippen LogP contribution in [0.3, 0.4) is 0 Å². The van der Waals surface area contributed by atoms with E-state index in [4.69, 9.17) is 9.47 Å².